The van der Waals surface area contributed by atoms with E-state index >= 15 is 0 Å². The van der Waals surface area contributed by atoms with Crippen molar-refractivity contribution >= 4 is 23.3 Å². The maximum absolute atomic E-state index is 12.3. The van der Waals surface area contributed by atoms with E-state index < -0.39 is 5.60 Å². The molecule has 0 aliphatic carbocycles. The third kappa shape index (κ3) is 4.77. The number of hydrogen-bond acceptors (Lipinski definition) is 5. The van der Waals surface area contributed by atoms with Crippen LogP contribution in [0.15, 0.2) is 42.5 Å². The summed E-state index contributed by atoms with van der Waals surface area (Å²) in [4.78, 5) is 29.1. The molecule has 0 aromatic heterocycles. The number of benzene rings is 2. The lowest BCUT2D eigenvalue weighted by Gasteiger charge is -2.44. The second-order valence-electron chi connectivity index (χ2n) is 11.0. The highest BCUT2D eigenvalue weighted by atomic mass is 16.6. The zero-order valence-corrected chi connectivity index (χ0v) is 20.5. The monoisotopic (exact) mass is 461 g/mol. The number of piperidine rings is 1. The Morgan fingerprint density at radius 1 is 1.00 bits per heavy atom. The predicted octanol–water partition coefficient (Wildman–Crippen LogP) is 4.63. The molecule has 0 unspecified atom stereocenters. The smallest absolute Gasteiger partial charge is 0.338 e. The lowest BCUT2D eigenvalue weighted by atomic mass is 9.83. The van der Waals surface area contributed by atoms with Gasteiger partial charge in [-0.2, -0.15) is 0 Å². The topological polar surface area (TPSA) is 61.9 Å². The first-order valence-corrected chi connectivity index (χ1v) is 12.5. The van der Waals surface area contributed by atoms with E-state index in [4.69, 9.17) is 4.74 Å². The zero-order chi connectivity index (χ0) is 23.9. The molecule has 0 radical (unpaired) electrons. The summed E-state index contributed by atoms with van der Waals surface area (Å²) in [5.41, 5.74) is 4.54. The van der Waals surface area contributed by atoms with Gasteiger partial charge in [0.05, 0.1) is 5.56 Å². The summed E-state index contributed by atoms with van der Waals surface area (Å²) < 4.78 is 5.46. The van der Waals surface area contributed by atoms with Crippen molar-refractivity contribution < 1.29 is 14.3 Å². The molecule has 5 rings (SSSR count). The standard InChI is InChI=1S/C28H35N3O3/c1-28(2,3)34-27(33)21-7-9-22(10-8-21)30-13-11-19(12-14-30)15-20-17-31(18-20)25-6-4-5-23-24(25)16-29-26(23)32/h4-10,19-20H,11-18H2,1-3H3,(H,29,32). The highest BCUT2D eigenvalue weighted by molar-refractivity contribution is 6.00. The van der Waals surface area contributed by atoms with Gasteiger partial charge in [-0.25, -0.2) is 4.79 Å². The van der Waals surface area contributed by atoms with Crippen LogP contribution in [0.25, 0.3) is 0 Å². The zero-order valence-electron chi connectivity index (χ0n) is 20.5. The molecule has 2 aromatic carbocycles. The van der Waals surface area contributed by atoms with E-state index in [-0.39, 0.29) is 11.9 Å². The average Bonchev–Trinajstić information content (AvgIpc) is 3.17. The SMILES string of the molecule is CC(C)(C)OC(=O)c1ccc(N2CCC(CC3CN(c4cccc5c4CNC5=O)C3)CC2)cc1. The van der Waals surface area contributed by atoms with Gasteiger partial charge in [-0.15, -0.1) is 0 Å². The fourth-order valence-electron chi connectivity index (χ4n) is 5.49. The first-order valence-electron chi connectivity index (χ1n) is 12.5. The first-order chi connectivity index (χ1) is 16.3. The molecule has 0 saturated carbocycles. The fourth-order valence-corrected chi connectivity index (χ4v) is 5.49. The van der Waals surface area contributed by atoms with Crippen LogP contribution in [0, 0.1) is 11.8 Å². The number of amides is 1. The fraction of sp³-hybridized carbons (Fsp3) is 0.500. The van der Waals surface area contributed by atoms with E-state index in [2.05, 4.69) is 21.2 Å². The van der Waals surface area contributed by atoms with Crippen molar-refractivity contribution in [3.8, 4) is 0 Å². The number of nitrogens with zero attached hydrogens (tertiary/aromatic N) is 2. The lowest BCUT2D eigenvalue weighted by Crippen LogP contribution is -2.48. The highest BCUT2D eigenvalue weighted by Crippen LogP contribution is 2.36. The number of ether oxygens (including phenoxy) is 1. The summed E-state index contributed by atoms with van der Waals surface area (Å²) in [5.74, 6) is 1.30. The first kappa shape index (κ1) is 22.8. The molecule has 2 aromatic rings. The quantitative estimate of drug-likeness (QED) is 0.658. The second kappa shape index (κ2) is 8.97. The molecule has 3 heterocycles. The van der Waals surface area contributed by atoms with Crippen LogP contribution in [0.4, 0.5) is 11.4 Å². The number of hydrogen-bond donors (Lipinski definition) is 1. The van der Waals surface area contributed by atoms with Gasteiger partial charge in [0.1, 0.15) is 5.60 Å². The molecule has 0 atom stereocenters. The number of carbonyl (C=O) groups excluding carboxylic acids is 2. The summed E-state index contributed by atoms with van der Waals surface area (Å²) in [5, 5.41) is 2.95. The van der Waals surface area contributed by atoms with Crippen molar-refractivity contribution in [1.82, 2.24) is 5.32 Å². The summed E-state index contributed by atoms with van der Waals surface area (Å²) >= 11 is 0. The molecule has 1 N–H and O–H groups in total. The van der Waals surface area contributed by atoms with Crippen LogP contribution in [0.1, 0.15) is 66.3 Å². The van der Waals surface area contributed by atoms with Crippen LogP contribution in [-0.4, -0.2) is 43.7 Å². The van der Waals surface area contributed by atoms with Crippen molar-refractivity contribution in [2.45, 2.75) is 52.2 Å². The Morgan fingerprint density at radius 2 is 1.71 bits per heavy atom. The third-order valence-electron chi connectivity index (χ3n) is 7.27. The van der Waals surface area contributed by atoms with Crippen molar-refractivity contribution in [1.29, 1.82) is 0 Å². The van der Waals surface area contributed by atoms with E-state index in [0.717, 1.165) is 49.1 Å². The van der Waals surface area contributed by atoms with Crippen LogP contribution < -0.4 is 15.1 Å². The van der Waals surface area contributed by atoms with Gasteiger partial charge < -0.3 is 19.9 Å². The van der Waals surface area contributed by atoms with Crippen molar-refractivity contribution in [3.63, 3.8) is 0 Å². The number of nitrogens with one attached hydrogen (secondary N) is 1. The van der Waals surface area contributed by atoms with Crippen LogP contribution in [0.5, 0.6) is 0 Å². The maximum Gasteiger partial charge on any atom is 0.338 e. The minimum atomic E-state index is -0.480. The van der Waals surface area contributed by atoms with E-state index in [1.807, 2.05) is 57.2 Å². The molecule has 2 saturated heterocycles. The van der Waals surface area contributed by atoms with Crippen molar-refractivity contribution in [2.75, 3.05) is 36.0 Å². The molecule has 2 fully saturated rings. The molecule has 34 heavy (non-hydrogen) atoms. The molecule has 0 spiro atoms. The van der Waals surface area contributed by atoms with Gasteiger partial charge in [-0.1, -0.05) is 6.07 Å². The van der Waals surface area contributed by atoms with Gasteiger partial charge in [0.15, 0.2) is 0 Å². The molecule has 6 nitrogen and oxygen atoms in total. The Kier molecular flexibility index (Phi) is 6.00. The van der Waals surface area contributed by atoms with Crippen LogP contribution in [0.3, 0.4) is 0 Å². The molecule has 1 amide bonds. The molecular formula is C28H35N3O3. The number of carbonyl (C=O) groups is 2. The van der Waals surface area contributed by atoms with E-state index in [9.17, 15) is 9.59 Å². The normalized spacial score (nSPS) is 19.0. The number of rotatable bonds is 5. The van der Waals surface area contributed by atoms with Gasteiger partial charge >= 0.3 is 5.97 Å². The van der Waals surface area contributed by atoms with E-state index in [1.54, 1.807) is 0 Å². The minimum absolute atomic E-state index is 0.0557. The summed E-state index contributed by atoms with van der Waals surface area (Å²) in [6.07, 6.45) is 3.71. The minimum Gasteiger partial charge on any atom is -0.456 e. The van der Waals surface area contributed by atoms with Crippen LogP contribution in [-0.2, 0) is 11.3 Å². The Bertz CT molecular complexity index is 1060. The predicted molar refractivity (Wildman–Crippen MR) is 134 cm³/mol. The highest BCUT2D eigenvalue weighted by Gasteiger charge is 2.33. The summed E-state index contributed by atoms with van der Waals surface area (Å²) in [6, 6.07) is 13.9. The average molecular weight is 462 g/mol. The Balaban J connectivity index is 1.09. The number of anilines is 2. The Hall–Kier alpha value is -3.02. The van der Waals surface area contributed by atoms with Gasteiger partial charge in [0.2, 0.25) is 0 Å². The maximum atomic E-state index is 12.3. The van der Waals surface area contributed by atoms with Gasteiger partial charge in [-0.3, -0.25) is 4.79 Å². The summed E-state index contributed by atoms with van der Waals surface area (Å²) in [6.45, 7) is 10.6. The van der Waals surface area contributed by atoms with Gasteiger partial charge in [0.25, 0.3) is 5.91 Å². The molecule has 180 valence electrons. The Labute approximate surface area is 202 Å². The lowest BCUT2D eigenvalue weighted by molar-refractivity contribution is 0.00694. The van der Waals surface area contributed by atoms with E-state index in [1.165, 1.54) is 30.6 Å². The molecule has 3 aliphatic heterocycles. The number of fused-ring (bicyclic) bond motifs is 1. The second-order valence-corrected chi connectivity index (χ2v) is 11.0. The van der Waals surface area contributed by atoms with Crippen LogP contribution >= 0.6 is 0 Å². The Morgan fingerprint density at radius 3 is 2.38 bits per heavy atom. The number of esters is 1. The molecule has 0 bridgehead atoms. The van der Waals surface area contributed by atoms with Gasteiger partial charge in [-0.05, 0) is 88.3 Å². The van der Waals surface area contributed by atoms with Crippen molar-refractivity contribution in [2.24, 2.45) is 11.8 Å². The molecule has 3 aliphatic rings. The van der Waals surface area contributed by atoms with Crippen LogP contribution in [0.2, 0.25) is 0 Å². The largest absolute Gasteiger partial charge is 0.456 e. The van der Waals surface area contributed by atoms with E-state index in [0.29, 0.717) is 12.1 Å². The van der Waals surface area contributed by atoms with Crippen molar-refractivity contribution in [3.05, 3.63) is 59.2 Å². The molecular weight excluding hydrogens is 426 g/mol. The third-order valence-corrected chi connectivity index (χ3v) is 7.27. The summed E-state index contributed by atoms with van der Waals surface area (Å²) in [7, 11) is 0. The van der Waals surface area contributed by atoms with Gasteiger partial charge in [0, 0.05) is 55.2 Å². The molecule has 6 heteroatoms.